The van der Waals surface area contributed by atoms with Crippen molar-refractivity contribution < 1.29 is 0 Å². The summed E-state index contributed by atoms with van der Waals surface area (Å²) in [5.74, 6) is 1.80. The molecule has 3 heterocycles. The summed E-state index contributed by atoms with van der Waals surface area (Å²) in [5.41, 5.74) is 7.03. The first-order chi connectivity index (χ1) is 7.36. The van der Waals surface area contributed by atoms with Crippen LogP contribution in [-0.4, -0.2) is 15.9 Å². The molecule has 0 spiro atoms. The molecule has 1 aliphatic rings. The van der Waals surface area contributed by atoms with Crippen molar-refractivity contribution in [3.05, 3.63) is 30.2 Å². The second-order valence-electron chi connectivity index (χ2n) is 3.98. The predicted molar refractivity (Wildman–Crippen MR) is 59.6 cm³/mol. The van der Waals surface area contributed by atoms with Crippen LogP contribution in [0.15, 0.2) is 24.4 Å². The van der Waals surface area contributed by atoms with Gasteiger partial charge in [0.1, 0.15) is 11.6 Å². The van der Waals surface area contributed by atoms with Crippen molar-refractivity contribution in [1.82, 2.24) is 14.7 Å². The van der Waals surface area contributed by atoms with Crippen LogP contribution in [0.5, 0.6) is 0 Å². The van der Waals surface area contributed by atoms with E-state index in [1.807, 2.05) is 28.8 Å². The van der Waals surface area contributed by atoms with Gasteiger partial charge in [-0.05, 0) is 31.5 Å². The van der Waals surface area contributed by atoms with E-state index in [1.165, 1.54) is 6.42 Å². The number of nitrogens with zero attached hydrogens (tertiary/aromatic N) is 2. The molecule has 0 aromatic carbocycles. The molecule has 0 bridgehead atoms. The SMILES string of the molecule is Nc1cccc2cnc(C3CCCN3)n12. The molecule has 0 radical (unpaired) electrons. The summed E-state index contributed by atoms with van der Waals surface area (Å²) in [7, 11) is 0. The molecule has 3 rings (SSSR count). The number of imidazole rings is 1. The summed E-state index contributed by atoms with van der Waals surface area (Å²) >= 11 is 0. The molecule has 1 saturated heterocycles. The third-order valence-corrected chi connectivity index (χ3v) is 2.98. The first kappa shape index (κ1) is 8.73. The number of nitrogen functional groups attached to an aromatic ring is 1. The zero-order valence-corrected chi connectivity index (χ0v) is 8.48. The lowest BCUT2D eigenvalue weighted by molar-refractivity contribution is 0.604. The number of nitrogens with two attached hydrogens (primary N) is 1. The van der Waals surface area contributed by atoms with Crippen molar-refractivity contribution in [3.8, 4) is 0 Å². The number of pyridine rings is 1. The zero-order chi connectivity index (χ0) is 10.3. The van der Waals surface area contributed by atoms with E-state index in [9.17, 15) is 0 Å². The van der Waals surface area contributed by atoms with E-state index in [1.54, 1.807) is 0 Å². The summed E-state index contributed by atoms with van der Waals surface area (Å²) in [5, 5.41) is 3.44. The number of rotatable bonds is 1. The lowest BCUT2D eigenvalue weighted by Gasteiger charge is -2.10. The Morgan fingerprint density at radius 2 is 2.40 bits per heavy atom. The smallest absolute Gasteiger partial charge is 0.132 e. The third kappa shape index (κ3) is 1.29. The first-order valence-corrected chi connectivity index (χ1v) is 5.31. The lowest BCUT2D eigenvalue weighted by atomic mass is 10.2. The molecule has 2 aromatic rings. The fourth-order valence-corrected chi connectivity index (χ4v) is 2.25. The van der Waals surface area contributed by atoms with E-state index >= 15 is 0 Å². The van der Waals surface area contributed by atoms with E-state index in [-0.39, 0.29) is 0 Å². The standard InChI is InChI=1S/C11H14N4/c12-10-5-1-3-8-7-14-11(15(8)10)9-4-2-6-13-9/h1,3,5,7,9,13H,2,4,6,12H2. The van der Waals surface area contributed by atoms with E-state index in [4.69, 9.17) is 5.73 Å². The molecule has 1 unspecified atom stereocenters. The quantitative estimate of drug-likeness (QED) is 0.733. The fraction of sp³-hybridized carbons (Fsp3) is 0.364. The van der Waals surface area contributed by atoms with Gasteiger partial charge in [0.05, 0.1) is 17.8 Å². The number of nitrogens with one attached hydrogen (secondary N) is 1. The highest BCUT2D eigenvalue weighted by Crippen LogP contribution is 2.24. The Kier molecular flexibility index (Phi) is 1.89. The Morgan fingerprint density at radius 1 is 1.47 bits per heavy atom. The van der Waals surface area contributed by atoms with Crippen LogP contribution in [-0.2, 0) is 0 Å². The third-order valence-electron chi connectivity index (χ3n) is 2.98. The molecular weight excluding hydrogens is 188 g/mol. The molecule has 1 aliphatic heterocycles. The molecule has 4 nitrogen and oxygen atoms in total. The van der Waals surface area contributed by atoms with Gasteiger partial charge in [-0.3, -0.25) is 4.40 Å². The minimum Gasteiger partial charge on any atom is -0.385 e. The predicted octanol–water partition coefficient (Wildman–Crippen LogP) is 1.34. The highest BCUT2D eigenvalue weighted by molar-refractivity contribution is 5.53. The van der Waals surface area contributed by atoms with Crippen molar-refractivity contribution in [2.75, 3.05) is 12.3 Å². The number of hydrogen-bond acceptors (Lipinski definition) is 3. The summed E-state index contributed by atoms with van der Waals surface area (Å²) in [6.07, 6.45) is 4.24. The maximum atomic E-state index is 5.96. The van der Waals surface area contributed by atoms with Crippen LogP contribution in [0.2, 0.25) is 0 Å². The van der Waals surface area contributed by atoms with Crippen LogP contribution in [0.4, 0.5) is 5.82 Å². The van der Waals surface area contributed by atoms with Crippen LogP contribution >= 0.6 is 0 Å². The van der Waals surface area contributed by atoms with Crippen LogP contribution < -0.4 is 11.1 Å². The largest absolute Gasteiger partial charge is 0.385 e. The monoisotopic (exact) mass is 202 g/mol. The van der Waals surface area contributed by atoms with E-state index in [0.29, 0.717) is 6.04 Å². The maximum Gasteiger partial charge on any atom is 0.132 e. The molecule has 15 heavy (non-hydrogen) atoms. The van der Waals surface area contributed by atoms with Crippen molar-refractivity contribution >= 4 is 11.3 Å². The van der Waals surface area contributed by atoms with Crippen LogP contribution in [0.3, 0.4) is 0 Å². The van der Waals surface area contributed by atoms with E-state index in [2.05, 4.69) is 10.3 Å². The van der Waals surface area contributed by atoms with Gasteiger partial charge in [-0.25, -0.2) is 4.98 Å². The van der Waals surface area contributed by atoms with Gasteiger partial charge in [-0.1, -0.05) is 6.07 Å². The Balaban J connectivity index is 2.18. The Bertz CT molecular complexity index is 482. The second-order valence-corrected chi connectivity index (χ2v) is 3.98. The van der Waals surface area contributed by atoms with Crippen LogP contribution in [0, 0.1) is 0 Å². The minimum absolute atomic E-state index is 0.359. The summed E-state index contributed by atoms with van der Waals surface area (Å²) < 4.78 is 2.03. The highest BCUT2D eigenvalue weighted by atomic mass is 15.1. The van der Waals surface area contributed by atoms with Crippen molar-refractivity contribution in [2.24, 2.45) is 0 Å². The maximum absolute atomic E-state index is 5.96. The van der Waals surface area contributed by atoms with E-state index in [0.717, 1.165) is 30.1 Å². The first-order valence-electron chi connectivity index (χ1n) is 5.31. The number of hydrogen-bond donors (Lipinski definition) is 2. The van der Waals surface area contributed by atoms with Gasteiger partial charge in [-0.15, -0.1) is 0 Å². The van der Waals surface area contributed by atoms with Crippen molar-refractivity contribution in [2.45, 2.75) is 18.9 Å². The Labute approximate surface area is 88.1 Å². The summed E-state index contributed by atoms with van der Waals surface area (Å²) in [6.45, 7) is 1.08. The fourth-order valence-electron chi connectivity index (χ4n) is 2.25. The van der Waals surface area contributed by atoms with Crippen LogP contribution in [0.25, 0.3) is 5.52 Å². The molecule has 0 aliphatic carbocycles. The Morgan fingerprint density at radius 3 is 3.20 bits per heavy atom. The molecular formula is C11H14N4. The summed E-state index contributed by atoms with van der Waals surface area (Å²) in [6, 6.07) is 6.25. The van der Waals surface area contributed by atoms with Crippen LogP contribution in [0.1, 0.15) is 24.7 Å². The molecule has 1 fully saturated rings. The molecule has 2 aromatic heterocycles. The van der Waals surface area contributed by atoms with Gasteiger partial charge >= 0.3 is 0 Å². The number of aromatic nitrogens is 2. The molecule has 3 N–H and O–H groups in total. The molecule has 78 valence electrons. The average molecular weight is 202 g/mol. The van der Waals surface area contributed by atoms with Gasteiger partial charge in [0.25, 0.3) is 0 Å². The van der Waals surface area contributed by atoms with E-state index < -0.39 is 0 Å². The van der Waals surface area contributed by atoms with Gasteiger partial charge in [-0.2, -0.15) is 0 Å². The van der Waals surface area contributed by atoms with Gasteiger partial charge in [0, 0.05) is 0 Å². The van der Waals surface area contributed by atoms with Gasteiger partial charge in [0.2, 0.25) is 0 Å². The molecule has 0 amide bonds. The molecule has 1 atom stereocenters. The second kappa shape index (κ2) is 3.24. The molecule has 4 heteroatoms. The summed E-state index contributed by atoms with van der Waals surface area (Å²) in [4.78, 5) is 4.46. The topological polar surface area (TPSA) is 55.3 Å². The Hall–Kier alpha value is -1.55. The van der Waals surface area contributed by atoms with Crippen molar-refractivity contribution in [1.29, 1.82) is 0 Å². The average Bonchev–Trinajstić information content (AvgIpc) is 2.85. The van der Waals surface area contributed by atoms with Gasteiger partial charge < -0.3 is 11.1 Å². The van der Waals surface area contributed by atoms with Crippen molar-refractivity contribution in [3.63, 3.8) is 0 Å². The highest BCUT2D eigenvalue weighted by Gasteiger charge is 2.20. The minimum atomic E-state index is 0.359. The van der Waals surface area contributed by atoms with Gasteiger partial charge in [0.15, 0.2) is 0 Å². The normalized spacial score (nSPS) is 21.2. The number of anilines is 1. The lowest BCUT2D eigenvalue weighted by Crippen LogP contribution is -2.16. The number of fused-ring (bicyclic) bond motifs is 1. The zero-order valence-electron chi connectivity index (χ0n) is 8.48. The molecule has 0 saturated carbocycles.